The Balaban J connectivity index is 1.66. The molecule has 0 spiro atoms. The second kappa shape index (κ2) is 7.67. The highest BCUT2D eigenvalue weighted by molar-refractivity contribution is 7.99. The summed E-state index contributed by atoms with van der Waals surface area (Å²) >= 11 is 7.11. The number of hydrogen-bond acceptors (Lipinski definition) is 4. The molecule has 0 unspecified atom stereocenters. The summed E-state index contributed by atoms with van der Waals surface area (Å²) in [6, 6.07) is 13.3. The quantitative estimate of drug-likeness (QED) is 0.683. The van der Waals surface area contributed by atoms with Crippen molar-refractivity contribution < 1.29 is 9.18 Å². The summed E-state index contributed by atoms with van der Waals surface area (Å²) < 4.78 is 15.6. The van der Waals surface area contributed by atoms with Gasteiger partial charge in [0.15, 0.2) is 11.0 Å². The highest BCUT2D eigenvalue weighted by Gasteiger charge is 2.15. The Kier molecular flexibility index (Phi) is 5.35. The van der Waals surface area contributed by atoms with E-state index in [0.29, 0.717) is 27.3 Å². The van der Waals surface area contributed by atoms with Gasteiger partial charge in [0.25, 0.3) is 0 Å². The minimum Gasteiger partial charge on any atom is -0.325 e. The first-order valence-electron chi connectivity index (χ1n) is 7.37. The molecule has 0 fully saturated rings. The Morgan fingerprint density at radius 2 is 2.04 bits per heavy atom. The lowest BCUT2D eigenvalue weighted by atomic mass is 10.2. The summed E-state index contributed by atoms with van der Waals surface area (Å²) in [6.07, 6.45) is 0. The van der Waals surface area contributed by atoms with Crippen molar-refractivity contribution in [3.05, 3.63) is 59.4 Å². The lowest BCUT2D eigenvalue weighted by Gasteiger charge is -2.06. The van der Waals surface area contributed by atoms with E-state index in [4.69, 9.17) is 11.6 Å². The third-order valence-corrected chi connectivity index (χ3v) is 4.65. The zero-order valence-corrected chi connectivity index (χ0v) is 14.8. The van der Waals surface area contributed by atoms with Gasteiger partial charge in [-0.1, -0.05) is 41.6 Å². The third-order valence-electron chi connectivity index (χ3n) is 3.39. The average Bonchev–Trinajstić information content (AvgIpc) is 2.94. The molecule has 3 aromatic rings. The van der Waals surface area contributed by atoms with Crippen LogP contribution in [0.2, 0.25) is 5.02 Å². The number of carbonyl (C=O) groups is 1. The van der Waals surface area contributed by atoms with Crippen molar-refractivity contribution in [2.24, 2.45) is 7.05 Å². The van der Waals surface area contributed by atoms with Crippen molar-refractivity contribution in [2.45, 2.75) is 5.16 Å². The predicted molar refractivity (Wildman–Crippen MR) is 97.2 cm³/mol. The second-order valence-corrected chi connectivity index (χ2v) is 6.57. The Bertz CT molecular complexity index is 915. The Labute approximate surface area is 153 Å². The molecule has 0 saturated heterocycles. The topological polar surface area (TPSA) is 59.8 Å². The zero-order valence-electron chi connectivity index (χ0n) is 13.2. The molecular weight excluding hydrogens is 363 g/mol. The molecule has 1 aromatic heterocycles. The summed E-state index contributed by atoms with van der Waals surface area (Å²) in [5.41, 5.74) is 0.996. The van der Waals surface area contributed by atoms with E-state index in [1.54, 1.807) is 54.1 Å². The Hall–Kier alpha value is -2.38. The van der Waals surface area contributed by atoms with Crippen LogP contribution in [0.4, 0.5) is 10.1 Å². The molecule has 0 atom stereocenters. The summed E-state index contributed by atoms with van der Waals surface area (Å²) in [6.45, 7) is 0. The number of rotatable bonds is 5. The highest BCUT2D eigenvalue weighted by Crippen LogP contribution is 2.24. The summed E-state index contributed by atoms with van der Waals surface area (Å²) in [4.78, 5) is 12.0. The number of thioether (sulfide) groups is 1. The van der Waals surface area contributed by atoms with Crippen LogP contribution in [-0.4, -0.2) is 26.4 Å². The molecule has 1 amide bonds. The first kappa shape index (κ1) is 17.4. The van der Waals surface area contributed by atoms with Gasteiger partial charge < -0.3 is 9.88 Å². The van der Waals surface area contributed by atoms with E-state index in [1.807, 2.05) is 0 Å². The maximum atomic E-state index is 13.9. The van der Waals surface area contributed by atoms with Gasteiger partial charge in [0.1, 0.15) is 5.82 Å². The van der Waals surface area contributed by atoms with Crippen molar-refractivity contribution in [3.63, 3.8) is 0 Å². The molecule has 0 aliphatic carbocycles. The van der Waals surface area contributed by atoms with Gasteiger partial charge >= 0.3 is 0 Å². The van der Waals surface area contributed by atoms with Crippen LogP contribution >= 0.6 is 23.4 Å². The molecule has 0 aliphatic rings. The van der Waals surface area contributed by atoms with Crippen molar-refractivity contribution in [3.8, 4) is 11.4 Å². The van der Waals surface area contributed by atoms with Crippen molar-refractivity contribution in [1.82, 2.24) is 14.8 Å². The molecule has 1 N–H and O–H groups in total. The summed E-state index contributed by atoms with van der Waals surface area (Å²) in [5, 5.41) is 11.9. The van der Waals surface area contributed by atoms with Gasteiger partial charge in [-0.15, -0.1) is 10.2 Å². The number of carbonyl (C=O) groups excluding carboxylic acids is 1. The van der Waals surface area contributed by atoms with Crippen LogP contribution in [0.1, 0.15) is 0 Å². The second-order valence-electron chi connectivity index (χ2n) is 5.19. The van der Waals surface area contributed by atoms with E-state index < -0.39 is 0 Å². The standard InChI is InChI=1S/C17H14ClFN4OS/c1-23-16(13-7-2-3-8-14(13)19)21-22-17(23)25-10-15(24)20-12-6-4-5-11(18)9-12/h2-9H,10H2,1H3,(H,20,24). The lowest BCUT2D eigenvalue weighted by Crippen LogP contribution is -2.14. The molecule has 8 heteroatoms. The first-order valence-corrected chi connectivity index (χ1v) is 8.73. The summed E-state index contributed by atoms with van der Waals surface area (Å²) in [7, 11) is 1.74. The van der Waals surface area contributed by atoms with E-state index in [9.17, 15) is 9.18 Å². The number of aromatic nitrogens is 3. The van der Waals surface area contributed by atoms with E-state index in [1.165, 1.54) is 17.8 Å². The van der Waals surface area contributed by atoms with E-state index in [-0.39, 0.29) is 17.5 Å². The van der Waals surface area contributed by atoms with Crippen LogP contribution < -0.4 is 5.32 Å². The average molecular weight is 377 g/mol. The van der Waals surface area contributed by atoms with Crippen LogP contribution in [0.25, 0.3) is 11.4 Å². The fourth-order valence-corrected chi connectivity index (χ4v) is 3.11. The molecule has 128 valence electrons. The minimum atomic E-state index is -0.367. The normalized spacial score (nSPS) is 10.7. The molecular formula is C17H14ClFN4OS. The number of hydrogen-bond donors (Lipinski definition) is 1. The number of nitrogens with one attached hydrogen (secondary N) is 1. The minimum absolute atomic E-state index is 0.149. The van der Waals surface area contributed by atoms with Crippen LogP contribution in [0.5, 0.6) is 0 Å². The Morgan fingerprint density at radius 3 is 2.80 bits per heavy atom. The molecule has 0 bridgehead atoms. The third kappa shape index (κ3) is 4.18. The van der Waals surface area contributed by atoms with Crippen LogP contribution in [0.3, 0.4) is 0 Å². The number of amides is 1. The SMILES string of the molecule is Cn1c(SCC(=O)Nc2cccc(Cl)c2)nnc1-c1ccccc1F. The molecule has 0 aliphatic heterocycles. The summed E-state index contributed by atoms with van der Waals surface area (Å²) in [5.74, 6) is 0.00209. The smallest absolute Gasteiger partial charge is 0.234 e. The number of nitrogens with zero attached hydrogens (tertiary/aromatic N) is 3. The molecule has 5 nitrogen and oxygen atoms in total. The lowest BCUT2D eigenvalue weighted by molar-refractivity contribution is -0.113. The van der Waals surface area contributed by atoms with Gasteiger partial charge in [0, 0.05) is 17.8 Å². The van der Waals surface area contributed by atoms with Gasteiger partial charge in [-0.05, 0) is 30.3 Å². The monoisotopic (exact) mass is 376 g/mol. The molecule has 3 rings (SSSR count). The van der Waals surface area contributed by atoms with E-state index >= 15 is 0 Å². The van der Waals surface area contributed by atoms with Crippen molar-refractivity contribution in [2.75, 3.05) is 11.1 Å². The van der Waals surface area contributed by atoms with Crippen LogP contribution in [0, 0.1) is 5.82 Å². The van der Waals surface area contributed by atoms with Gasteiger partial charge in [0.05, 0.1) is 11.3 Å². The first-order chi connectivity index (χ1) is 12.0. The Morgan fingerprint density at radius 1 is 1.24 bits per heavy atom. The maximum Gasteiger partial charge on any atom is 0.234 e. The fraction of sp³-hybridized carbons (Fsp3) is 0.118. The van der Waals surface area contributed by atoms with Gasteiger partial charge in [-0.25, -0.2) is 4.39 Å². The van der Waals surface area contributed by atoms with Crippen LogP contribution in [0.15, 0.2) is 53.7 Å². The highest BCUT2D eigenvalue weighted by atomic mass is 35.5. The maximum absolute atomic E-state index is 13.9. The fourth-order valence-electron chi connectivity index (χ4n) is 2.21. The van der Waals surface area contributed by atoms with Gasteiger partial charge in [-0.2, -0.15) is 0 Å². The van der Waals surface area contributed by atoms with E-state index in [2.05, 4.69) is 15.5 Å². The van der Waals surface area contributed by atoms with Gasteiger partial charge in [-0.3, -0.25) is 4.79 Å². The molecule has 2 aromatic carbocycles. The van der Waals surface area contributed by atoms with E-state index in [0.717, 1.165) is 0 Å². The zero-order chi connectivity index (χ0) is 17.8. The predicted octanol–water partition coefficient (Wildman–Crippen LogP) is 4.01. The van der Waals surface area contributed by atoms with Gasteiger partial charge in [0.2, 0.25) is 5.91 Å². The van der Waals surface area contributed by atoms with Crippen molar-refractivity contribution in [1.29, 1.82) is 0 Å². The van der Waals surface area contributed by atoms with Crippen LogP contribution in [-0.2, 0) is 11.8 Å². The van der Waals surface area contributed by atoms with Crippen molar-refractivity contribution >= 4 is 35.0 Å². The molecule has 0 saturated carbocycles. The number of halogens is 2. The number of anilines is 1. The molecule has 0 radical (unpaired) electrons. The molecule has 25 heavy (non-hydrogen) atoms. The largest absolute Gasteiger partial charge is 0.325 e. The number of benzene rings is 2. The molecule has 1 heterocycles.